The number of nitrogens with two attached hydrogens (primary N) is 2. The summed E-state index contributed by atoms with van der Waals surface area (Å²) in [7, 11) is 0. The zero-order valence-corrected chi connectivity index (χ0v) is 12.7. The smallest absolute Gasteiger partial charge is 0.180 e. The van der Waals surface area contributed by atoms with Crippen molar-refractivity contribution in [1.82, 2.24) is 14.9 Å². The quantitative estimate of drug-likeness (QED) is 0.905. The van der Waals surface area contributed by atoms with Crippen LogP contribution in [0.15, 0.2) is 11.5 Å². The van der Waals surface area contributed by atoms with Crippen molar-refractivity contribution in [3.63, 3.8) is 0 Å². The lowest BCUT2D eigenvalue weighted by atomic mass is 10.2. The number of thiazole rings is 2. The molecular formula is C13H17N5S2. The number of hydrogen-bond acceptors (Lipinski definition) is 7. The number of rotatable bonds is 3. The first-order valence-corrected chi connectivity index (χ1v) is 8.24. The number of aromatic nitrogens is 2. The van der Waals surface area contributed by atoms with Gasteiger partial charge in [-0.3, -0.25) is 4.90 Å². The average molecular weight is 307 g/mol. The Morgan fingerprint density at radius 1 is 1.20 bits per heavy atom. The summed E-state index contributed by atoms with van der Waals surface area (Å²) in [5.41, 5.74) is 13.5. The van der Waals surface area contributed by atoms with E-state index in [1.54, 1.807) is 11.3 Å². The van der Waals surface area contributed by atoms with Crippen LogP contribution in [0.5, 0.6) is 0 Å². The Balaban J connectivity index is 1.55. The molecule has 2 aromatic rings. The summed E-state index contributed by atoms with van der Waals surface area (Å²) in [5, 5.41) is 3.29. The maximum absolute atomic E-state index is 5.76. The van der Waals surface area contributed by atoms with Crippen LogP contribution >= 0.6 is 22.7 Å². The standard InChI is InChI=1S/C13H17N5S2/c14-12-16-9(8-19-12)2-1-5-18-6-3-10-11(4-7-18)20-13(15)17-10/h1-2,8H,3-7H2,(H2,14,16)(H2,15,17). The van der Waals surface area contributed by atoms with Crippen molar-refractivity contribution in [2.45, 2.75) is 12.8 Å². The van der Waals surface area contributed by atoms with Gasteiger partial charge in [0.15, 0.2) is 10.3 Å². The predicted octanol–water partition coefficient (Wildman–Crippen LogP) is 1.88. The van der Waals surface area contributed by atoms with Gasteiger partial charge in [-0.1, -0.05) is 6.08 Å². The van der Waals surface area contributed by atoms with E-state index in [-0.39, 0.29) is 0 Å². The molecule has 0 atom stereocenters. The van der Waals surface area contributed by atoms with Crippen molar-refractivity contribution in [3.8, 4) is 0 Å². The van der Waals surface area contributed by atoms with E-state index in [1.165, 1.54) is 21.9 Å². The molecule has 1 aliphatic heterocycles. The van der Waals surface area contributed by atoms with Gasteiger partial charge in [0, 0.05) is 36.3 Å². The predicted molar refractivity (Wildman–Crippen MR) is 85.9 cm³/mol. The molecule has 20 heavy (non-hydrogen) atoms. The van der Waals surface area contributed by atoms with E-state index in [0.29, 0.717) is 10.3 Å². The minimum absolute atomic E-state index is 0.618. The van der Waals surface area contributed by atoms with Gasteiger partial charge in [0.25, 0.3) is 0 Å². The topological polar surface area (TPSA) is 81.1 Å². The van der Waals surface area contributed by atoms with Gasteiger partial charge in [-0.25, -0.2) is 9.97 Å². The molecule has 0 amide bonds. The third-order valence-electron chi connectivity index (χ3n) is 3.31. The van der Waals surface area contributed by atoms with Crippen LogP contribution in [0.3, 0.4) is 0 Å². The van der Waals surface area contributed by atoms with E-state index in [1.807, 2.05) is 11.5 Å². The number of nitrogen functional groups attached to an aromatic ring is 2. The molecule has 4 N–H and O–H groups in total. The van der Waals surface area contributed by atoms with Crippen molar-refractivity contribution in [2.75, 3.05) is 31.1 Å². The van der Waals surface area contributed by atoms with Crippen LogP contribution in [-0.4, -0.2) is 34.5 Å². The first-order valence-electron chi connectivity index (χ1n) is 6.54. The fraction of sp³-hybridized carbons (Fsp3) is 0.385. The molecule has 3 heterocycles. The average Bonchev–Trinajstić information content (AvgIpc) is 2.93. The van der Waals surface area contributed by atoms with E-state index < -0.39 is 0 Å². The number of fused-ring (bicyclic) bond motifs is 1. The van der Waals surface area contributed by atoms with Crippen LogP contribution in [-0.2, 0) is 12.8 Å². The zero-order valence-electron chi connectivity index (χ0n) is 11.1. The van der Waals surface area contributed by atoms with E-state index >= 15 is 0 Å². The zero-order chi connectivity index (χ0) is 13.9. The molecular weight excluding hydrogens is 290 g/mol. The van der Waals surface area contributed by atoms with Gasteiger partial charge < -0.3 is 11.5 Å². The summed E-state index contributed by atoms with van der Waals surface area (Å²) in [6.07, 6.45) is 6.21. The summed E-state index contributed by atoms with van der Waals surface area (Å²) < 4.78 is 0. The lowest BCUT2D eigenvalue weighted by Crippen LogP contribution is -2.26. The van der Waals surface area contributed by atoms with Crippen molar-refractivity contribution < 1.29 is 0 Å². The van der Waals surface area contributed by atoms with Crippen LogP contribution in [0.2, 0.25) is 0 Å². The third kappa shape index (κ3) is 3.17. The van der Waals surface area contributed by atoms with Crippen molar-refractivity contribution >= 4 is 39.0 Å². The highest BCUT2D eigenvalue weighted by atomic mass is 32.1. The van der Waals surface area contributed by atoms with Crippen molar-refractivity contribution in [2.24, 2.45) is 0 Å². The van der Waals surface area contributed by atoms with Crippen LogP contribution in [0.1, 0.15) is 16.3 Å². The highest BCUT2D eigenvalue weighted by molar-refractivity contribution is 7.15. The van der Waals surface area contributed by atoms with Crippen LogP contribution in [0, 0.1) is 0 Å². The number of hydrogen-bond donors (Lipinski definition) is 2. The monoisotopic (exact) mass is 307 g/mol. The van der Waals surface area contributed by atoms with Gasteiger partial charge in [0.2, 0.25) is 0 Å². The molecule has 1 aliphatic rings. The SMILES string of the molecule is Nc1nc(C=CCN2CCc3nc(N)sc3CC2)cs1. The highest BCUT2D eigenvalue weighted by Crippen LogP contribution is 2.24. The second-order valence-electron chi connectivity index (χ2n) is 4.74. The Kier molecular flexibility index (Phi) is 4.00. The Labute approximate surface area is 126 Å². The number of nitrogens with zero attached hydrogens (tertiary/aromatic N) is 3. The molecule has 0 unspecified atom stereocenters. The Bertz CT molecular complexity index is 591. The van der Waals surface area contributed by atoms with Gasteiger partial charge in [-0.05, 0) is 12.5 Å². The molecule has 0 fully saturated rings. The van der Waals surface area contributed by atoms with Crippen LogP contribution in [0.4, 0.5) is 10.3 Å². The summed E-state index contributed by atoms with van der Waals surface area (Å²) in [6, 6.07) is 0. The maximum atomic E-state index is 5.76. The molecule has 0 spiro atoms. The lowest BCUT2D eigenvalue weighted by Gasteiger charge is -2.17. The Morgan fingerprint density at radius 3 is 2.85 bits per heavy atom. The maximum Gasteiger partial charge on any atom is 0.180 e. The second-order valence-corrected chi connectivity index (χ2v) is 6.74. The molecule has 106 valence electrons. The molecule has 0 radical (unpaired) electrons. The minimum atomic E-state index is 0.618. The molecule has 0 saturated carbocycles. The Hall–Kier alpha value is -1.44. The summed E-state index contributed by atoms with van der Waals surface area (Å²) in [4.78, 5) is 12.4. The van der Waals surface area contributed by atoms with E-state index in [9.17, 15) is 0 Å². The van der Waals surface area contributed by atoms with Gasteiger partial charge in [-0.2, -0.15) is 0 Å². The summed E-state index contributed by atoms with van der Waals surface area (Å²) in [6.45, 7) is 3.01. The van der Waals surface area contributed by atoms with Gasteiger partial charge in [-0.15, -0.1) is 22.7 Å². The first kappa shape index (κ1) is 13.5. The van der Waals surface area contributed by atoms with E-state index in [4.69, 9.17) is 11.5 Å². The van der Waals surface area contributed by atoms with Crippen molar-refractivity contribution in [1.29, 1.82) is 0 Å². The molecule has 0 saturated heterocycles. The third-order valence-corrected chi connectivity index (χ3v) is 4.99. The van der Waals surface area contributed by atoms with Crippen LogP contribution in [0.25, 0.3) is 6.08 Å². The first-order chi connectivity index (χ1) is 9.70. The van der Waals surface area contributed by atoms with Gasteiger partial charge in [0.1, 0.15) is 0 Å². The Morgan fingerprint density at radius 2 is 2.05 bits per heavy atom. The van der Waals surface area contributed by atoms with E-state index in [0.717, 1.165) is 38.2 Å². The minimum Gasteiger partial charge on any atom is -0.375 e. The lowest BCUT2D eigenvalue weighted by molar-refractivity contribution is 0.318. The fourth-order valence-corrected chi connectivity index (χ4v) is 3.71. The van der Waals surface area contributed by atoms with Crippen LogP contribution < -0.4 is 11.5 Å². The normalized spacial score (nSPS) is 16.4. The molecule has 5 nitrogen and oxygen atoms in total. The van der Waals surface area contributed by atoms with Gasteiger partial charge in [0.05, 0.1) is 11.4 Å². The van der Waals surface area contributed by atoms with E-state index in [2.05, 4.69) is 20.9 Å². The fourth-order valence-electron chi connectivity index (χ4n) is 2.31. The number of anilines is 2. The van der Waals surface area contributed by atoms with Gasteiger partial charge >= 0.3 is 0 Å². The molecule has 2 aromatic heterocycles. The van der Waals surface area contributed by atoms with Crippen molar-refractivity contribution in [3.05, 3.63) is 27.7 Å². The molecule has 3 rings (SSSR count). The second kappa shape index (κ2) is 5.90. The highest BCUT2D eigenvalue weighted by Gasteiger charge is 2.16. The largest absolute Gasteiger partial charge is 0.375 e. The molecule has 0 bridgehead atoms. The molecule has 7 heteroatoms. The summed E-state index contributed by atoms with van der Waals surface area (Å²) >= 11 is 3.10. The molecule has 0 aromatic carbocycles. The molecule has 0 aliphatic carbocycles. The summed E-state index contributed by atoms with van der Waals surface area (Å²) in [5.74, 6) is 0.